The number of rotatable bonds is 7. The quantitative estimate of drug-likeness (QED) is 0.379. The molecule has 0 aromatic carbocycles. The van der Waals surface area contributed by atoms with E-state index in [1.54, 1.807) is 0 Å². The van der Waals surface area contributed by atoms with Gasteiger partial charge in [-0.05, 0) is 6.42 Å². The average Bonchev–Trinajstić information content (AvgIpc) is 2.10. The number of hydrogen-bond donors (Lipinski definition) is 0. The summed E-state index contributed by atoms with van der Waals surface area (Å²) in [6, 6.07) is 0. The summed E-state index contributed by atoms with van der Waals surface area (Å²) in [6.45, 7) is 2.59. The van der Waals surface area contributed by atoms with Crippen molar-refractivity contribution in [3.05, 3.63) is 0 Å². The molecule has 0 unspecified atom stereocenters. The first-order valence-corrected chi connectivity index (χ1v) is 5.50. The summed E-state index contributed by atoms with van der Waals surface area (Å²) in [5, 5.41) is 0. The first kappa shape index (κ1) is 13.1. The van der Waals surface area contributed by atoms with Crippen LogP contribution in [-0.2, 0) is 9.53 Å². The minimum absolute atomic E-state index is 0.429. The summed E-state index contributed by atoms with van der Waals surface area (Å²) in [5.41, 5.74) is 0. The Bertz CT molecular complexity index is 138. The SMILES string of the molecule is CCCCCCCOC(=O)C(Cl)Cl. The summed E-state index contributed by atoms with van der Waals surface area (Å²) in [5.74, 6) is -0.543. The van der Waals surface area contributed by atoms with E-state index in [4.69, 9.17) is 27.9 Å². The van der Waals surface area contributed by atoms with Gasteiger partial charge in [-0.25, -0.2) is 4.79 Å². The Morgan fingerprint density at radius 1 is 1.23 bits per heavy atom. The molecule has 4 heteroatoms. The molecule has 0 atom stereocenters. The van der Waals surface area contributed by atoms with Crippen LogP contribution in [0.3, 0.4) is 0 Å². The van der Waals surface area contributed by atoms with Gasteiger partial charge in [0.05, 0.1) is 6.61 Å². The predicted octanol–water partition coefficient (Wildman–Crippen LogP) is 3.30. The highest BCUT2D eigenvalue weighted by Gasteiger charge is 2.11. The fourth-order valence-corrected chi connectivity index (χ4v) is 1.07. The van der Waals surface area contributed by atoms with Crippen LogP contribution in [0.2, 0.25) is 0 Å². The summed E-state index contributed by atoms with van der Waals surface area (Å²) in [4.78, 5) is 9.70. The lowest BCUT2D eigenvalue weighted by Crippen LogP contribution is -2.12. The lowest BCUT2D eigenvalue weighted by Gasteiger charge is -2.04. The molecule has 0 N–H and O–H groups in total. The third-order valence-electron chi connectivity index (χ3n) is 1.67. The van der Waals surface area contributed by atoms with Crippen molar-refractivity contribution < 1.29 is 9.53 Å². The molecule has 0 aromatic rings. The van der Waals surface area contributed by atoms with Gasteiger partial charge >= 0.3 is 5.97 Å². The van der Waals surface area contributed by atoms with Crippen LogP contribution in [0.15, 0.2) is 0 Å². The van der Waals surface area contributed by atoms with Gasteiger partial charge in [-0.15, -0.1) is 0 Å². The number of hydrogen-bond acceptors (Lipinski definition) is 2. The van der Waals surface area contributed by atoms with Crippen molar-refractivity contribution >= 4 is 29.2 Å². The normalized spacial score (nSPS) is 10.5. The van der Waals surface area contributed by atoms with Crippen molar-refractivity contribution in [3.8, 4) is 0 Å². The zero-order valence-electron chi connectivity index (χ0n) is 7.89. The van der Waals surface area contributed by atoms with E-state index in [9.17, 15) is 4.79 Å². The Balaban J connectivity index is 3.12. The van der Waals surface area contributed by atoms with E-state index in [-0.39, 0.29) is 0 Å². The van der Waals surface area contributed by atoms with Crippen molar-refractivity contribution in [3.63, 3.8) is 0 Å². The zero-order valence-corrected chi connectivity index (χ0v) is 9.40. The molecule has 0 saturated heterocycles. The van der Waals surface area contributed by atoms with E-state index in [1.165, 1.54) is 19.3 Å². The summed E-state index contributed by atoms with van der Waals surface area (Å²) in [6.07, 6.45) is 5.63. The maximum Gasteiger partial charge on any atom is 0.339 e. The van der Waals surface area contributed by atoms with E-state index >= 15 is 0 Å². The van der Waals surface area contributed by atoms with Crippen LogP contribution in [0.25, 0.3) is 0 Å². The van der Waals surface area contributed by atoms with Gasteiger partial charge in [0.2, 0.25) is 4.84 Å². The van der Waals surface area contributed by atoms with Crippen LogP contribution >= 0.6 is 23.2 Å². The Hall–Kier alpha value is 0.0500. The van der Waals surface area contributed by atoms with Crippen LogP contribution in [0.5, 0.6) is 0 Å². The second-order valence-corrected chi connectivity index (χ2v) is 3.98. The van der Waals surface area contributed by atoms with Gasteiger partial charge in [0.1, 0.15) is 0 Å². The molecule has 0 aliphatic carbocycles. The third kappa shape index (κ3) is 8.38. The van der Waals surface area contributed by atoms with E-state index < -0.39 is 10.8 Å². The van der Waals surface area contributed by atoms with Gasteiger partial charge in [-0.3, -0.25) is 0 Å². The Kier molecular flexibility index (Phi) is 8.67. The highest BCUT2D eigenvalue weighted by molar-refractivity contribution is 6.52. The first-order chi connectivity index (χ1) is 6.18. The highest BCUT2D eigenvalue weighted by Crippen LogP contribution is 2.06. The van der Waals surface area contributed by atoms with Crippen LogP contribution in [-0.4, -0.2) is 17.4 Å². The van der Waals surface area contributed by atoms with Crippen molar-refractivity contribution in [2.45, 2.75) is 43.9 Å². The maximum absolute atomic E-state index is 10.7. The largest absolute Gasteiger partial charge is 0.464 e. The molecule has 0 aliphatic rings. The van der Waals surface area contributed by atoms with Crippen molar-refractivity contribution in [2.75, 3.05) is 6.61 Å². The van der Waals surface area contributed by atoms with Crippen molar-refractivity contribution in [1.29, 1.82) is 0 Å². The second kappa shape index (κ2) is 8.64. The van der Waals surface area contributed by atoms with Gasteiger partial charge in [0.25, 0.3) is 0 Å². The fourth-order valence-electron chi connectivity index (χ4n) is 0.941. The number of halogens is 2. The van der Waals surface area contributed by atoms with Gasteiger partial charge in [0, 0.05) is 0 Å². The number of alkyl halides is 2. The Labute approximate surface area is 89.5 Å². The molecule has 0 radical (unpaired) electrons. The maximum atomic E-state index is 10.7. The molecule has 0 bridgehead atoms. The van der Waals surface area contributed by atoms with Gasteiger partial charge < -0.3 is 4.74 Å². The molecular formula is C9H16Cl2O2. The fraction of sp³-hybridized carbons (Fsp3) is 0.889. The lowest BCUT2D eigenvalue weighted by molar-refractivity contribution is -0.141. The lowest BCUT2D eigenvalue weighted by atomic mass is 10.2. The molecule has 0 aromatic heterocycles. The first-order valence-electron chi connectivity index (χ1n) is 4.63. The molecule has 0 aliphatic heterocycles. The summed E-state index contributed by atoms with van der Waals surface area (Å²) < 4.78 is 4.78. The smallest absolute Gasteiger partial charge is 0.339 e. The van der Waals surface area contributed by atoms with E-state index in [0.717, 1.165) is 12.8 Å². The van der Waals surface area contributed by atoms with Gasteiger partial charge in [0.15, 0.2) is 0 Å². The van der Waals surface area contributed by atoms with Crippen molar-refractivity contribution in [2.24, 2.45) is 0 Å². The molecule has 2 nitrogen and oxygen atoms in total. The second-order valence-electron chi connectivity index (χ2n) is 2.88. The number of carbonyl (C=O) groups is 1. The minimum Gasteiger partial charge on any atom is -0.464 e. The van der Waals surface area contributed by atoms with Crippen LogP contribution in [0.4, 0.5) is 0 Å². The molecule has 0 rings (SSSR count). The molecular weight excluding hydrogens is 211 g/mol. The predicted molar refractivity (Wildman–Crippen MR) is 55.2 cm³/mol. The topological polar surface area (TPSA) is 26.3 Å². The van der Waals surface area contributed by atoms with Gasteiger partial charge in [-0.1, -0.05) is 55.8 Å². The Morgan fingerprint density at radius 2 is 1.85 bits per heavy atom. The van der Waals surface area contributed by atoms with Crippen LogP contribution in [0, 0.1) is 0 Å². The number of ether oxygens (including phenoxy) is 1. The highest BCUT2D eigenvalue weighted by atomic mass is 35.5. The van der Waals surface area contributed by atoms with Crippen molar-refractivity contribution in [1.82, 2.24) is 0 Å². The monoisotopic (exact) mass is 226 g/mol. The molecule has 13 heavy (non-hydrogen) atoms. The molecule has 0 saturated carbocycles. The van der Waals surface area contributed by atoms with Crippen LogP contribution in [0.1, 0.15) is 39.0 Å². The summed E-state index contributed by atoms with van der Waals surface area (Å²) >= 11 is 10.6. The number of carbonyl (C=O) groups excluding carboxylic acids is 1. The Morgan fingerprint density at radius 3 is 2.38 bits per heavy atom. The standard InChI is InChI=1S/C9H16Cl2O2/c1-2-3-4-5-6-7-13-9(12)8(10)11/h8H,2-7H2,1H3. The molecule has 0 amide bonds. The van der Waals surface area contributed by atoms with E-state index in [0.29, 0.717) is 6.61 Å². The van der Waals surface area contributed by atoms with Crippen LogP contribution < -0.4 is 0 Å². The molecule has 0 heterocycles. The van der Waals surface area contributed by atoms with Gasteiger partial charge in [-0.2, -0.15) is 0 Å². The molecule has 0 spiro atoms. The number of esters is 1. The summed E-state index contributed by atoms with van der Waals surface area (Å²) in [7, 11) is 0. The molecule has 78 valence electrons. The van der Waals surface area contributed by atoms with E-state index in [2.05, 4.69) is 6.92 Å². The average molecular weight is 227 g/mol. The molecule has 0 fully saturated rings. The van der Waals surface area contributed by atoms with E-state index in [1.807, 2.05) is 0 Å². The number of unbranched alkanes of at least 4 members (excludes halogenated alkanes) is 4. The zero-order chi connectivity index (χ0) is 10.1. The third-order valence-corrected chi connectivity index (χ3v) is 2.03. The minimum atomic E-state index is -1.05.